The number of phenols is 1. The number of rotatable bonds is 6. The van der Waals surface area contributed by atoms with E-state index in [0.29, 0.717) is 33.7 Å². The molecule has 0 aliphatic rings. The van der Waals surface area contributed by atoms with Crippen molar-refractivity contribution in [1.29, 1.82) is 0 Å². The second-order valence-corrected chi connectivity index (χ2v) is 9.16. The molecule has 184 valence electrons. The summed E-state index contributed by atoms with van der Waals surface area (Å²) in [5, 5.41) is 27.7. The Balaban J connectivity index is 0.00000380. The van der Waals surface area contributed by atoms with Crippen molar-refractivity contribution in [2.24, 2.45) is 20.5 Å². The summed E-state index contributed by atoms with van der Waals surface area (Å²) in [6.45, 7) is 1.76. The molecule has 0 fully saturated rings. The van der Waals surface area contributed by atoms with Gasteiger partial charge in [0.15, 0.2) is 5.75 Å². The summed E-state index contributed by atoms with van der Waals surface area (Å²) in [6.07, 6.45) is 0. The molecule has 0 aliphatic carbocycles. The van der Waals surface area contributed by atoms with E-state index in [1.807, 2.05) is 0 Å². The zero-order valence-electron chi connectivity index (χ0n) is 20.2. The number of fused-ring (bicyclic) bond motifs is 1. The molecule has 0 unspecified atom stereocenters. The van der Waals surface area contributed by atoms with Gasteiger partial charge >= 0.3 is 29.6 Å². The summed E-state index contributed by atoms with van der Waals surface area (Å²) < 4.78 is 41.1. The maximum absolute atomic E-state index is 11.9. The number of nitrogen functional groups attached to an aromatic ring is 2. The van der Waals surface area contributed by atoms with Crippen LogP contribution in [0, 0.1) is 6.92 Å². The Morgan fingerprint density at radius 1 is 0.865 bits per heavy atom. The molecule has 4 rings (SSSR count). The first-order valence-electron chi connectivity index (χ1n) is 10.5. The van der Waals surface area contributed by atoms with E-state index < -0.39 is 26.5 Å². The van der Waals surface area contributed by atoms with Crippen LogP contribution in [-0.4, -0.2) is 25.2 Å². The molecule has 0 aliphatic heterocycles. The molecule has 4 aromatic rings. The third-order valence-electron chi connectivity index (χ3n) is 5.27. The molecule has 5 N–H and O–H groups in total. The molecule has 0 aromatic heterocycles. The Kier molecular flexibility index (Phi) is 8.51. The summed E-state index contributed by atoms with van der Waals surface area (Å²) in [5.74, 6) is -0.283. The molecule has 0 bridgehead atoms. The molecule has 0 saturated carbocycles. The molecule has 0 atom stereocenters. The standard InChI is InChI=1S/C24H22N6O5S.Na/c1-13-9-20(21(35-2)12-19(13)28-27-17-7-5-15(25)6-8-17)29-30-23-22(36(32,33)34)10-14-3-4-16(26)11-18(14)24(23)31;/h3-12,31H,25-26H2,1-2H3,(H,32,33,34);/q;+1/p-1. The van der Waals surface area contributed by atoms with Gasteiger partial charge in [0.25, 0.3) is 0 Å². The van der Waals surface area contributed by atoms with Crippen molar-refractivity contribution >= 4 is 55.0 Å². The number of methoxy groups -OCH3 is 1. The first-order chi connectivity index (χ1) is 17.1. The summed E-state index contributed by atoms with van der Waals surface area (Å²) in [7, 11) is -3.58. The van der Waals surface area contributed by atoms with Gasteiger partial charge in [-0.2, -0.15) is 10.2 Å². The number of hydrogen-bond donors (Lipinski definition) is 3. The number of benzene rings is 4. The number of nitrogens with two attached hydrogens (primary N) is 2. The van der Waals surface area contributed by atoms with E-state index in [9.17, 15) is 18.1 Å². The minimum atomic E-state index is -4.99. The molecular formula is C24H21N6NaO5S. The van der Waals surface area contributed by atoms with Crippen LogP contribution in [0.15, 0.2) is 86.0 Å². The number of anilines is 2. The van der Waals surface area contributed by atoms with Crippen molar-refractivity contribution in [2.45, 2.75) is 11.8 Å². The SMILES string of the molecule is COc1cc(N=Nc2ccc(N)cc2)c(C)cc1N=Nc1c(S(=O)(=O)[O-])cc2ccc(N)cc2c1O.[Na+]. The van der Waals surface area contributed by atoms with Crippen LogP contribution >= 0.6 is 0 Å². The Hall–Kier alpha value is -3.55. The van der Waals surface area contributed by atoms with Crippen LogP contribution < -0.4 is 45.8 Å². The zero-order valence-corrected chi connectivity index (χ0v) is 23.0. The predicted octanol–water partition coefficient (Wildman–Crippen LogP) is 2.77. The van der Waals surface area contributed by atoms with Crippen molar-refractivity contribution in [1.82, 2.24) is 0 Å². The molecule has 13 heteroatoms. The monoisotopic (exact) mass is 528 g/mol. The van der Waals surface area contributed by atoms with E-state index >= 15 is 0 Å². The van der Waals surface area contributed by atoms with Crippen molar-refractivity contribution in [2.75, 3.05) is 18.6 Å². The fourth-order valence-electron chi connectivity index (χ4n) is 3.41. The van der Waals surface area contributed by atoms with Gasteiger partial charge in [-0.15, -0.1) is 10.2 Å². The van der Waals surface area contributed by atoms with Crippen LogP contribution in [0.5, 0.6) is 11.5 Å². The normalized spacial score (nSPS) is 11.8. The van der Waals surface area contributed by atoms with Crippen LogP contribution in [0.3, 0.4) is 0 Å². The number of aryl methyl sites for hydroxylation is 1. The van der Waals surface area contributed by atoms with Crippen LogP contribution in [0.25, 0.3) is 10.8 Å². The molecular weight excluding hydrogens is 507 g/mol. The number of aromatic hydroxyl groups is 1. The summed E-state index contributed by atoms with van der Waals surface area (Å²) >= 11 is 0. The Labute approximate surface area is 234 Å². The van der Waals surface area contributed by atoms with E-state index in [1.165, 1.54) is 25.3 Å². The van der Waals surface area contributed by atoms with Gasteiger partial charge in [0.1, 0.15) is 27.2 Å². The number of hydrogen-bond acceptors (Lipinski definition) is 11. The van der Waals surface area contributed by atoms with Crippen LogP contribution in [0.4, 0.5) is 34.1 Å². The fraction of sp³-hybridized carbons (Fsp3) is 0.0833. The minimum absolute atomic E-state index is 0. The third-order valence-corrected chi connectivity index (χ3v) is 6.12. The van der Waals surface area contributed by atoms with Crippen molar-refractivity contribution in [3.63, 3.8) is 0 Å². The number of phenolic OH excluding ortho intramolecular Hbond substituents is 1. The first kappa shape index (κ1) is 28.0. The summed E-state index contributed by atoms with van der Waals surface area (Å²) in [4.78, 5) is -0.717. The van der Waals surface area contributed by atoms with E-state index in [1.54, 1.807) is 43.3 Å². The minimum Gasteiger partial charge on any atom is -0.744 e. The largest absolute Gasteiger partial charge is 1.00 e. The summed E-state index contributed by atoms with van der Waals surface area (Å²) in [6, 6.07) is 15.6. The van der Waals surface area contributed by atoms with Crippen LogP contribution in [0.1, 0.15) is 5.56 Å². The van der Waals surface area contributed by atoms with Gasteiger partial charge in [-0.05, 0) is 66.4 Å². The summed E-state index contributed by atoms with van der Waals surface area (Å²) in [5.41, 5.74) is 13.9. The van der Waals surface area contributed by atoms with Gasteiger partial charge in [-0.3, -0.25) is 0 Å². The van der Waals surface area contributed by atoms with Gasteiger partial charge in [-0.1, -0.05) is 6.07 Å². The average Bonchev–Trinajstić information content (AvgIpc) is 2.83. The van der Waals surface area contributed by atoms with Crippen LogP contribution in [-0.2, 0) is 10.1 Å². The van der Waals surface area contributed by atoms with Crippen LogP contribution in [0.2, 0.25) is 0 Å². The molecule has 37 heavy (non-hydrogen) atoms. The topological polar surface area (TPSA) is 188 Å². The number of azo groups is 2. The first-order valence-corrected chi connectivity index (χ1v) is 11.9. The second kappa shape index (κ2) is 11.2. The van der Waals surface area contributed by atoms with Crippen molar-refractivity contribution < 1.29 is 52.4 Å². The Morgan fingerprint density at radius 3 is 2.16 bits per heavy atom. The predicted molar refractivity (Wildman–Crippen MR) is 135 cm³/mol. The third kappa shape index (κ3) is 6.24. The zero-order chi connectivity index (χ0) is 26.0. The fourth-order valence-corrected chi connectivity index (χ4v) is 4.06. The molecule has 4 aromatic carbocycles. The van der Waals surface area contributed by atoms with E-state index in [4.69, 9.17) is 16.2 Å². The second-order valence-electron chi connectivity index (χ2n) is 7.81. The van der Waals surface area contributed by atoms with Crippen molar-refractivity contribution in [3.05, 3.63) is 66.2 Å². The Morgan fingerprint density at radius 2 is 1.51 bits per heavy atom. The maximum atomic E-state index is 11.9. The molecule has 0 amide bonds. The Bertz CT molecular complexity index is 1640. The van der Waals surface area contributed by atoms with Gasteiger partial charge in [0.05, 0.1) is 23.4 Å². The molecule has 0 heterocycles. The van der Waals surface area contributed by atoms with E-state index in [2.05, 4.69) is 20.5 Å². The molecule has 0 radical (unpaired) electrons. The van der Waals surface area contributed by atoms with Gasteiger partial charge < -0.3 is 25.9 Å². The van der Waals surface area contributed by atoms with Crippen molar-refractivity contribution in [3.8, 4) is 11.5 Å². The van der Waals surface area contributed by atoms with E-state index in [-0.39, 0.29) is 46.4 Å². The quantitative estimate of drug-likeness (QED) is 0.148. The van der Waals surface area contributed by atoms with Gasteiger partial charge in [0, 0.05) is 22.8 Å². The molecule has 0 spiro atoms. The van der Waals surface area contributed by atoms with E-state index in [0.717, 1.165) is 6.07 Å². The van der Waals surface area contributed by atoms with Gasteiger partial charge in [0.2, 0.25) is 0 Å². The molecule has 11 nitrogen and oxygen atoms in total. The van der Waals surface area contributed by atoms with Gasteiger partial charge in [-0.25, -0.2) is 8.42 Å². The smallest absolute Gasteiger partial charge is 0.744 e. The molecule has 0 saturated heterocycles. The average molecular weight is 529 g/mol. The maximum Gasteiger partial charge on any atom is 1.00 e. The number of nitrogens with zero attached hydrogens (tertiary/aromatic N) is 4. The number of ether oxygens (including phenoxy) is 1.